The maximum absolute atomic E-state index is 13.8. The minimum atomic E-state index is -0.307. The zero-order chi connectivity index (χ0) is 14.8. The first-order valence-corrected chi connectivity index (χ1v) is 7.20. The van der Waals surface area contributed by atoms with Crippen molar-refractivity contribution in [3.8, 4) is 0 Å². The molecule has 0 heterocycles. The monoisotopic (exact) mass is 299 g/mol. The van der Waals surface area contributed by atoms with Crippen LogP contribution in [0.4, 0.5) is 4.39 Å². The van der Waals surface area contributed by atoms with E-state index in [-0.39, 0.29) is 11.9 Å². The molecule has 0 radical (unpaired) electrons. The fourth-order valence-electron chi connectivity index (χ4n) is 2.50. The fourth-order valence-corrected chi connectivity index (χ4v) is 2.74. The van der Waals surface area contributed by atoms with E-state index >= 15 is 0 Å². The van der Waals surface area contributed by atoms with E-state index in [2.05, 4.69) is 12.1 Å². The third-order valence-corrected chi connectivity index (χ3v) is 4.04. The molecule has 1 nitrogen and oxygen atoms in total. The lowest BCUT2D eigenvalue weighted by atomic mass is 9.97. The molecule has 21 heavy (non-hydrogen) atoms. The molecule has 3 aromatic rings. The third-order valence-electron chi connectivity index (χ3n) is 3.69. The minimum Gasteiger partial charge on any atom is -0.324 e. The summed E-state index contributed by atoms with van der Waals surface area (Å²) in [4.78, 5) is 0. The molecule has 3 aromatic carbocycles. The van der Waals surface area contributed by atoms with E-state index in [4.69, 9.17) is 17.3 Å². The summed E-state index contributed by atoms with van der Waals surface area (Å²) < 4.78 is 13.8. The molecular weight excluding hydrogens is 285 g/mol. The van der Waals surface area contributed by atoms with Crippen LogP contribution in [0, 0.1) is 5.82 Å². The zero-order valence-electron chi connectivity index (χ0n) is 11.4. The lowest BCUT2D eigenvalue weighted by molar-refractivity contribution is 0.593. The molecule has 0 bridgehead atoms. The Morgan fingerprint density at radius 2 is 1.71 bits per heavy atom. The SMILES string of the molecule is NC(Cc1c(F)cccc1Cl)c1ccc2ccccc2c1. The van der Waals surface area contributed by atoms with Crippen molar-refractivity contribution in [2.24, 2.45) is 5.73 Å². The number of halogens is 2. The van der Waals surface area contributed by atoms with E-state index in [0.29, 0.717) is 17.0 Å². The van der Waals surface area contributed by atoms with Gasteiger partial charge in [0.25, 0.3) is 0 Å². The van der Waals surface area contributed by atoms with Crippen molar-refractivity contribution in [3.05, 3.63) is 82.6 Å². The van der Waals surface area contributed by atoms with Gasteiger partial charge in [0.05, 0.1) is 0 Å². The van der Waals surface area contributed by atoms with Crippen LogP contribution in [0.25, 0.3) is 10.8 Å². The Labute approximate surface area is 128 Å². The lowest BCUT2D eigenvalue weighted by Crippen LogP contribution is -2.14. The van der Waals surface area contributed by atoms with E-state index < -0.39 is 0 Å². The highest BCUT2D eigenvalue weighted by Gasteiger charge is 2.13. The van der Waals surface area contributed by atoms with Crippen LogP contribution in [0.15, 0.2) is 60.7 Å². The van der Waals surface area contributed by atoms with Gasteiger partial charge >= 0.3 is 0 Å². The Morgan fingerprint density at radius 1 is 0.952 bits per heavy atom. The molecule has 3 heteroatoms. The number of nitrogens with two attached hydrogens (primary N) is 1. The Hall–Kier alpha value is -1.90. The number of rotatable bonds is 3. The number of fused-ring (bicyclic) bond motifs is 1. The molecule has 1 unspecified atom stereocenters. The van der Waals surface area contributed by atoms with E-state index in [1.165, 1.54) is 6.07 Å². The van der Waals surface area contributed by atoms with Crippen LogP contribution < -0.4 is 5.73 Å². The summed E-state index contributed by atoms with van der Waals surface area (Å²) in [6, 6.07) is 18.6. The average molecular weight is 300 g/mol. The van der Waals surface area contributed by atoms with Gasteiger partial charge in [0.2, 0.25) is 0 Å². The van der Waals surface area contributed by atoms with Crippen molar-refractivity contribution in [3.63, 3.8) is 0 Å². The summed E-state index contributed by atoms with van der Waals surface area (Å²) in [6.45, 7) is 0. The molecule has 0 saturated carbocycles. The molecule has 1 atom stereocenters. The van der Waals surface area contributed by atoms with Gasteiger partial charge in [-0.25, -0.2) is 4.39 Å². The van der Waals surface area contributed by atoms with Gasteiger partial charge in [-0.15, -0.1) is 0 Å². The molecule has 0 amide bonds. The molecule has 0 saturated heterocycles. The maximum Gasteiger partial charge on any atom is 0.127 e. The third kappa shape index (κ3) is 2.92. The van der Waals surface area contributed by atoms with Gasteiger partial charge in [0.1, 0.15) is 5.82 Å². The number of benzene rings is 3. The van der Waals surface area contributed by atoms with Crippen LogP contribution in [0.1, 0.15) is 17.2 Å². The molecule has 0 aromatic heterocycles. The Morgan fingerprint density at radius 3 is 2.48 bits per heavy atom. The second-order valence-electron chi connectivity index (χ2n) is 5.12. The normalized spacial score (nSPS) is 12.5. The van der Waals surface area contributed by atoms with Crippen LogP contribution >= 0.6 is 11.6 Å². The summed E-state index contributed by atoms with van der Waals surface area (Å²) in [5.74, 6) is -0.307. The van der Waals surface area contributed by atoms with Crippen molar-refractivity contribution in [2.75, 3.05) is 0 Å². The van der Waals surface area contributed by atoms with E-state index in [1.54, 1.807) is 12.1 Å². The molecule has 3 rings (SSSR count). The van der Waals surface area contributed by atoms with Crippen LogP contribution in [0.5, 0.6) is 0 Å². The predicted molar refractivity (Wildman–Crippen MR) is 86.0 cm³/mol. The van der Waals surface area contributed by atoms with Gasteiger partial charge in [-0.2, -0.15) is 0 Å². The molecule has 0 aliphatic rings. The van der Waals surface area contributed by atoms with Crippen LogP contribution in [0.2, 0.25) is 5.02 Å². The number of hydrogen-bond donors (Lipinski definition) is 1. The van der Waals surface area contributed by atoms with Crippen LogP contribution in [0.3, 0.4) is 0 Å². The van der Waals surface area contributed by atoms with Crippen molar-refractivity contribution < 1.29 is 4.39 Å². The topological polar surface area (TPSA) is 26.0 Å². The van der Waals surface area contributed by atoms with Gasteiger partial charge in [-0.3, -0.25) is 0 Å². The zero-order valence-corrected chi connectivity index (χ0v) is 12.1. The number of hydrogen-bond acceptors (Lipinski definition) is 1. The summed E-state index contributed by atoms with van der Waals surface area (Å²) in [6.07, 6.45) is 0.379. The molecule has 0 spiro atoms. The van der Waals surface area contributed by atoms with E-state index in [1.807, 2.05) is 30.3 Å². The highest BCUT2D eigenvalue weighted by Crippen LogP contribution is 2.26. The highest BCUT2D eigenvalue weighted by atomic mass is 35.5. The first-order valence-electron chi connectivity index (χ1n) is 6.82. The standard InChI is InChI=1S/C18H15ClFN/c19-16-6-3-7-17(20)15(16)11-18(21)14-9-8-12-4-1-2-5-13(12)10-14/h1-10,18H,11,21H2. The van der Waals surface area contributed by atoms with E-state index in [9.17, 15) is 4.39 Å². The Kier molecular flexibility index (Phi) is 3.91. The summed E-state index contributed by atoms with van der Waals surface area (Å²) in [5.41, 5.74) is 7.68. The largest absolute Gasteiger partial charge is 0.324 e. The molecule has 2 N–H and O–H groups in total. The fraction of sp³-hybridized carbons (Fsp3) is 0.111. The van der Waals surface area contributed by atoms with Crippen molar-refractivity contribution in [1.29, 1.82) is 0 Å². The molecular formula is C18H15ClFN. The second-order valence-corrected chi connectivity index (χ2v) is 5.52. The highest BCUT2D eigenvalue weighted by molar-refractivity contribution is 6.31. The predicted octanol–water partition coefficient (Wildman–Crippen LogP) is 4.87. The average Bonchev–Trinajstić information content (AvgIpc) is 2.50. The summed E-state index contributed by atoms with van der Waals surface area (Å²) in [5, 5.41) is 2.72. The van der Waals surface area contributed by atoms with Crippen molar-refractivity contribution in [1.82, 2.24) is 0 Å². The molecule has 0 fully saturated rings. The van der Waals surface area contributed by atoms with Gasteiger partial charge in [-0.1, -0.05) is 54.1 Å². The smallest absolute Gasteiger partial charge is 0.127 e. The first kappa shape index (κ1) is 14.1. The minimum absolute atomic E-state index is 0.288. The van der Waals surface area contributed by atoms with Crippen molar-refractivity contribution >= 4 is 22.4 Å². The Bertz CT molecular complexity index is 765. The summed E-state index contributed by atoms with van der Waals surface area (Å²) in [7, 11) is 0. The molecule has 0 aliphatic heterocycles. The van der Waals surface area contributed by atoms with Crippen LogP contribution in [-0.2, 0) is 6.42 Å². The van der Waals surface area contributed by atoms with E-state index in [0.717, 1.165) is 16.3 Å². The van der Waals surface area contributed by atoms with Crippen molar-refractivity contribution in [2.45, 2.75) is 12.5 Å². The van der Waals surface area contributed by atoms with Gasteiger partial charge < -0.3 is 5.73 Å². The molecule has 106 valence electrons. The van der Waals surface area contributed by atoms with Gasteiger partial charge in [0, 0.05) is 16.6 Å². The lowest BCUT2D eigenvalue weighted by Gasteiger charge is -2.14. The van der Waals surface area contributed by atoms with Crippen LogP contribution in [-0.4, -0.2) is 0 Å². The summed E-state index contributed by atoms with van der Waals surface area (Å²) >= 11 is 6.06. The molecule has 0 aliphatic carbocycles. The van der Waals surface area contributed by atoms with Gasteiger partial charge in [0.15, 0.2) is 0 Å². The second kappa shape index (κ2) is 5.84. The first-order chi connectivity index (χ1) is 10.1. The maximum atomic E-state index is 13.8. The Balaban J connectivity index is 1.91. The quantitative estimate of drug-likeness (QED) is 0.733. The van der Waals surface area contributed by atoms with Gasteiger partial charge in [-0.05, 0) is 41.0 Å².